The number of nitrogens with zero attached hydrogens (tertiary/aromatic N) is 2. The Kier molecular flexibility index (Phi) is 3.72. The van der Waals surface area contributed by atoms with E-state index in [-0.39, 0.29) is 11.5 Å². The molecule has 0 bridgehead atoms. The highest BCUT2D eigenvalue weighted by molar-refractivity contribution is 5.67. The van der Waals surface area contributed by atoms with Gasteiger partial charge in [-0.25, -0.2) is 4.98 Å². The Balaban J connectivity index is 2.38. The summed E-state index contributed by atoms with van der Waals surface area (Å²) >= 11 is 0. The van der Waals surface area contributed by atoms with Crippen molar-refractivity contribution in [2.24, 2.45) is 5.73 Å². The van der Waals surface area contributed by atoms with Crippen LogP contribution in [-0.4, -0.2) is 9.91 Å². The molecule has 0 saturated heterocycles. The van der Waals surface area contributed by atoms with E-state index in [2.05, 4.69) is 10.3 Å². The molecule has 0 spiro atoms. The van der Waals surface area contributed by atoms with E-state index in [0.29, 0.717) is 12.1 Å². The van der Waals surface area contributed by atoms with Crippen LogP contribution >= 0.6 is 0 Å². The van der Waals surface area contributed by atoms with E-state index in [1.165, 1.54) is 6.20 Å². The second-order valence-corrected chi connectivity index (χ2v) is 4.11. The summed E-state index contributed by atoms with van der Waals surface area (Å²) in [7, 11) is 0. The second-order valence-electron chi connectivity index (χ2n) is 4.11. The fourth-order valence-corrected chi connectivity index (χ4v) is 1.79. The zero-order valence-corrected chi connectivity index (χ0v) is 10.5. The minimum Gasteiger partial charge on any atom is -0.334 e. The molecule has 0 unspecified atom stereocenters. The predicted octanol–water partition coefficient (Wildman–Crippen LogP) is 2.50. The van der Waals surface area contributed by atoms with Crippen LogP contribution < -0.4 is 11.1 Å². The number of hydrogen-bond donors (Lipinski definition) is 2. The fraction of sp³-hybridized carbons (Fsp3) is 0.154. The molecule has 6 heteroatoms. The summed E-state index contributed by atoms with van der Waals surface area (Å²) in [6.45, 7) is 2.10. The van der Waals surface area contributed by atoms with Crippen LogP contribution in [0.15, 0.2) is 36.5 Å². The number of anilines is 2. The van der Waals surface area contributed by atoms with E-state index in [0.717, 1.165) is 11.3 Å². The SMILES string of the molecule is Cc1ccnc(Nc2cccc(CN)c2)c1[N+](=O)[O-]. The normalized spacial score (nSPS) is 10.2. The Bertz CT molecular complexity index is 613. The molecule has 2 aromatic rings. The molecule has 19 heavy (non-hydrogen) atoms. The van der Waals surface area contributed by atoms with Gasteiger partial charge in [0.05, 0.1) is 4.92 Å². The third kappa shape index (κ3) is 2.86. The summed E-state index contributed by atoms with van der Waals surface area (Å²) < 4.78 is 0. The van der Waals surface area contributed by atoms with Gasteiger partial charge in [0.15, 0.2) is 0 Å². The lowest BCUT2D eigenvalue weighted by Gasteiger charge is -2.08. The highest BCUT2D eigenvalue weighted by atomic mass is 16.6. The first-order valence-electron chi connectivity index (χ1n) is 5.78. The van der Waals surface area contributed by atoms with Gasteiger partial charge < -0.3 is 11.1 Å². The van der Waals surface area contributed by atoms with Crippen LogP contribution in [0.2, 0.25) is 0 Å². The molecule has 0 atom stereocenters. The highest BCUT2D eigenvalue weighted by Crippen LogP contribution is 2.28. The Hall–Kier alpha value is -2.47. The van der Waals surface area contributed by atoms with Crippen molar-refractivity contribution in [3.05, 3.63) is 57.8 Å². The maximum Gasteiger partial charge on any atom is 0.314 e. The van der Waals surface area contributed by atoms with Gasteiger partial charge in [-0.2, -0.15) is 0 Å². The fourth-order valence-electron chi connectivity index (χ4n) is 1.79. The van der Waals surface area contributed by atoms with E-state index in [4.69, 9.17) is 5.73 Å². The Morgan fingerprint density at radius 1 is 1.42 bits per heavy atom. The van der Waals surface area contributed by atoms with Gasteiger partial charge >= 0.3 is 5.69 Å². The number of benzene rings is 1. The third-order valence-electron chi connectivity index (χ3n) is 2.73. The smallest absolute Gasteiger partial charge is 0.314 e. The van der Waals surface area contributed by atoms with E-state index in [1.807, 2.05) is 24.3 Å². The summed E-state index contributed by atoms with van der Waals surface area (Å²) in [6.07, 6.45) is 1.54. The molecular weight excluding hydrogens is 244 g/mol. The van der Waals surface area contributed by atoms with Gasteiger partial charge in [-0.15, -0.1) is 0 Å². The molecule has 6 nitrogen and oxygen atoms in total. The average molecular weight is 258 g/mol. The molecular formula is C13H14N4O2. The molecule has 3 N–H and O–H groups in total. The van der Waals surface area contributed by atoms with E-state index < -0.39 is 4.92 Å². The quantitative estimate of drug-likeness (QED) is 0.649. The minimum atomic E-state index is -0.433. The summed E-state index contributed by atoms with van der Waals surface area (Å²) in [5.41, 5.74) is 7.79. The first-order valence-corrected chi connectivity index (χ1v) is 5.78. The molecule has 0 fully saturated rings. The Morgan fingerprint density at radius 2 is 2.21 bits per heavy atom. The number of hydrogen-bond acceptors (Lipinski definition) is 5. The van der Waals surface area contributed by atoms with E-state index in [9.17, 15) is 10.1 Å². The molecule has 0 aliphatic rings. The van der Waals surface area contributed by atoms with Crippen LogP contribution in [0.25, 0.3) is 0 Å². The zero-order valence-electron chi connectivity index (χ0n) is 10.5. The number of nitrogens with two attached hydrogens (primary N) is 1. The van der Waals surface area contributed by atoms with Crippen molar-refractivity contribution in [3.63, 3.8) is 0 Å². The number of nitrogens with one attached hydrogen (secondary N) is 1. The molecule has 98 valence electrons. The summed E-state index contributed by atoms with van der Waals surface area (Å²) in [4.78, 5) is 14.7. The van der Waals surface area contributed by atoms with Crippen LogP contribution in [0.1, 0.15) is 11.1 Å². The summed E-state index contributed by atoms with van der Waals surface area (Å²) in [5, 5.41) is 14.0. The minimum absolute atomic E-state index is 0.0133. The van der Waals surface area contributed by atoms with Crippen molar-refractivity contribution in [1.29, 1.82) is 0 Å². The molecule has 2 rings (SSSR count). The van der Waals surface area contributed by atoms with Crippen molar-refractivity contribution in [3.8, 4) is 0 Å². The largest absolute Gasteiger partial charge is 0.334 e. The number of pyridine rings is 1. The highest BCUT2D eigenvalue weighted by Gasteiger charge is 2.18. The van der Waals surface area contributed by atoms with Crippen LogP contribution in [0.4, 0.5) is 17.2 Å². The molecule has 0 amide bonds. The second kappa shape index (κ2) is 5.45. The van der Waals surface area contributed by atoms with Crippen molar-refractivity contribution < 1.29 is 4.92 Å². The van der Waals surface area contributed by atoms with Crippen molar-refractivity contribution in [1.82, 2.24) is 4.98 Å². The predicted molar refractivity (Wildman–Crippen MR) is 73.2 cm³/mol. The zero-order chi connectivity index (χ0) is 13.8. The maximum atomic E-state index is 11.1. The van der Waals surface area contributed by atoms with Gasteiger partial charge in [0, 0.05) is 24.0 Å². The number of aryl methyl sites for hydroxylation is 1. The standard InChI is InChI=1S/C13H14N4O2/c1-9-5-6-15-13(12(9)17(18)19)16-11-4-2-3-10(7-11)8-14/h2-7H,8,14H2,1H3,(H,15,16). The number of rotatable bonds is 4. The number of aromatic nitrogens is 1. The van der Waals surface area contributed by atoms with Gasteiger partial charge in [0.1, 0.15) is 0 Å². The van der Waals surface area contributed by atoms with Gasteiger partial charge in [-0.1, -0.05) is 12.1 Å². The number of nitro groups is 1. The van der Waals surface area contributed by atoms with Crippen LogP contribution in [0, 0.1) is 17.0 Å². The van der Waals surface area contributed by atoms with Crippen molar-refractivity contribution in [2.45, 2.75) is 13.5 Å². The van der Waals surface area contributed by atoms with E-state index >= 15 is 0 Å². The Morgan fingerprint density at radius 3 is 2.89 bits per heavy atom. The molecule has 0 aliphatic heterocycles. The average Bonchev–Trinajstić information content (AvgIpc) is 2.38. The molecule has 0 aliphatic carbocycles. The molecule has 1 aromatic carbocycles. The summed E-state index contributed by atoms with van der Waals surface area (Å²) in [5.74, 6) is 0.235. The van der Waals surface area contributed by atoms with Crippen LogP contribution in [0.3, 0.4) is 0 Å². The first kappa shape index (κ1) is 13.0. The molecule has 0 saturated carbocycles. The molecule has 1 heterocycles. The topological polar surface area (TPSA) is 94.1 Å². The lowest BCUT2D eigenvalue weighted by atomic mass is 10.2. The van der Waals surface area contributed by atoms with Crippen LogP contribution in [-0.2, 0) is 6.54 Å². The first-order chi connectivity index (χ1) is 9.11. The van der Waals surface area contributed by atoms with Crippen molar-refractivity contribution >= 4 is 17.2 Å². The van der Waals surface area contributed by atoms with Gasteiger partial charge in [-0.3, -0.25) is 10.1 Å². The van der Waals surface area contributed by atoms with Gasteiger partial charge in [0.25, 0.3) is 0 Å². The lowest BCUT2D eigenvalue weighted by Crippen LogP contribution is -2.02. The Labute approximate surface area is 110 Å². The van der Waals surface area contributed by atoms with Gasteiger partial charge in [0.2, 0.25) is 5.82 Å². The van der Waals surface area contributed by atoms with Crippen molar-refractivity contribution in [2.75, 3.05) is 5.32 Å². The third-order valence-corrected chi connectivity index (χ3v) is 2.73. The lowest BCUT2D eigenvalue weighted by molar-refractivity contribution is -0.384. The van der Waals surface area contributed by atoms with Crippen LogP contribution in [0.5, 0.6) is 0 Å². The molecule has 0 radical (unpaired) electrons. The molecule has 1 aromatic heterocycles. The summed E-state index contributed by atoms with van der Waals surface area (Å²) in [6, 6.07) is 9.00. The monoisotopic (exact) mass is 258 g/mol. The van der Waals surface area contributed by atoms with Gasteiger partial charge in [-0.05, 0) is 30.7 Å². The maximum absolute atomic E-state index is 11.1. The van der Waals surface area contributed by atoms with E-state index in [1.54, 1.807) is 13.0 Å².